The van der Waals surface area contributed by atoms with Crippen LogP contribution < -0.4 is 10.0 Å². The Morgan fingerprint density at radius 1 is 1.04 bits per heavy atom. The minimum Gasteiger partial charge on any atom is -0.351 e. The third kappa shape index (κ3) is 6.15. The summed E-state index contributed by atoms with van der Waals surface area (Å²) in [5.41, 5.74) is 1.81. The number of likely N-dealkylation sites (N-methyl/N-ethyl adjacent to an activating group) is 1. The number of amides is 1. The van der Waals surface area contributed by atoms with Crippen LogP contribution in [-0.2, 0) is 16.6 Å². The molecule has 0 unspecified atom stereocenters. The molecule has 0 radical (unpaired) electrons. The van der Waals surface area contributed by atoms with Gasteiger partial charge in [-0.25, -0.2) is 13.1 Å². The number of hydrogen-bond acceptors (Lipinski definition) is 4. The molecule has 152 valence electrons. The molecule has 0 bridgehead atoms. The summed E-state index contributed by atoms with van der Waals surface area (Å²) in [5.74, 6) is -0.272. The van der Waals surface area contributed by atoms with Crippen LogP contribution in [0.4, 0.5) is 0 Å². The number of benzene rings is 2. The summed E-state index contributed by atoms with van der Waals surface area (Å²) in [7, 11) is -3.73. The summed E-state index contributed by atoms with van der Waals surface area (Å²) < 4.78 is 28.1. The zero-order chi connectivity index (χ0) is 20.6. The molecule has 0 aliphatic carbocycles. The quantitative estimate of drug-likeness (QED) is 0.639. The summed E-state index contributed by atoms with van der Waals surface area (Å²) in [4.78, 5) is 14.8. The lowest BCUT2D eigenvalue weighted by Crippen LogP contribution is -2.35. The van der Waals surface area contributed by atoms with Gasteiger partial charge in [-0.2, -0.15) is 0 Å². The highest BCUT2D eigenvalue weighted by Crippen LogP contribution is 2.17. The van der Waals surface area contributed by atoms with Gasteiger partial charge in [-0.1, -0.05) is 50.2 Å². The SMILES string of the molecule is CCN(CC)CCNC(=O)c1ccc(C)c(S(=O)(=O)NCc2ccccc2)c1. The minimum absolute atomic E-state index is 0.125. The van der Waals surface area contributed by atoms with Gasteiger partial charge in [-0.15, -0.1) is 0 Å². The van der Waals surface area contributed by atoms with Gasteiger partial charge in [0.15, 0.2) is 0 Å². The van der Waals surface area contributed by atoms with Crippen molar-refractivity contribution in [1.29, 1.82) is 0 Å². The third-order valence-electron chi connectivity index (χ3n) is 4.66. The Labute approximate surface area is 168 Å². The summed E-state index contributed by atoms with van der Waals surface area (Å²) in [6.07, 6.45) is 0. The van der Waals surface area contributed by atoms with Crippen LogP contribution in [0.15, 0.2) is 53.4 Å². The fourth-order valence-electron chi connectivity index (χ4n) is 2.85. The number of nitrogens with zero attached hydrogens (tertiary/aromatic N) is 1. The maximum absolute atomic E-state index is 12.7. The van der Waals surface area contributed by atoms with Gasteiger partial charge in [-0.3, -0.25) is 4.79 Å². The van der Waals surface area contributed by atoms with E-state index in [0.29, 0.717) is 17.7 Å². The molecular weight excluding hydrogens is 374 g/mol. The van der Waals surface area contributed by atoms with E-state index in [4.69, 9.17) is 0 Å². The summed E-state index contributed by atoms with van der Waals surface area (Å²) in [5, 5.41) is 2.86. The lowest BCUT2D eigenvalue weighted by atomic mass is 10.1. The first-order valence-corrected chi connectivity index (χ1v) is 11.0. The van der Waals surface area contributed by atoms with Gasteiger partial charge in [0.1, 0.15) is 0 Å². The zero-order valence-electron chi connectivity index (χ0n) is 16.7. The molecule has 2 rings (SSSR count). The Balaban J connectivity index is 2.07. The number of aryl methyl sites for hydroxylation is 1. The Morgan fingerprint density at radius 3 is 2.36 bits per heavy atom. The van der Waals surface area contributed by atoms with Crippen molar-refractivity contribution in [1.82, 2.24) is 14.9 Å². The molecule has 0 saturated heterocycles. The van der Waals surface area contributed by atoms with E-state index in [0.717, 1.165) is 25.2 Å². The van der Waals surface area contributed by atoms with Crippen molar-refractivity contribution >= 4 is 15.9 Å². The van der Waals surface area contributed by atoms with Crippen molar-refractivity contribution < 1.29 is 13.2 Å². The number of rotatable bonds is 10. The molecule has 0 fully saturated rings. The fraction of sp³-hybridized carbons (Fsp3) is 0.381. The Morgan fingerprint density at radius 2 is 1.71 bits per heavy atom. The second-order valence-corrected chi connectivity index (χ2v) is 8.31. The fourth-order valence-corrected chi connectivity index (χ4v) is 4.14. The van der Waals surface area contributed by atoms with E-state index >= 15 is 0 Å². The molecule has 6 nitrogen and oxygen atoms in total. The maximum atomic E-state index is 12.7. The van der Waals surface area contributed by atoms with Crippen molar-refractivity contribution in [3.05, 3.63) is 65.2 Å². The highest BCUT2D eigenvalue weighted by molar-refractivity contribution is 7.89. The molecular formula is C21H29N3O3S. The normalized spacial score (nSPS) is 11.6. The van der Waals surface area contributed by atoms with Crippen LogP contribution in [-0.4, -0.2) is 45.4 Å². The van der Waals surface area contributed by atoms with Gasteiger partial charge in [0, 0.05) is 25.2 Å². The van der Waals surface area contributed by atoms with Gasteiger partial charge in [0.05, 0.1) is 4.90 Å². The Kier molecular flexibility index (Phi) is 8.17. The maximum Gasteiger partial charge on any atom is 0.251 e. The van der Waals surface area contributed by atoms with E-state index in [9.17, 15) is 13.2 Å². The molecule has 0 aromatic heterocycles. The summed E-state index contributed by atoms with van der Waals surface area (Å²) >= 11 is 0. The van der Waals surface area contributed by atoms with Gasteiger partial charge in [0.25, 0.3) is 5.91 Å². The average Bonchev–Trinajstić information content (AvgIpc) is 2.70. The van der Waals surface area contributed by atoms with Crippen molar-refractivity contribution in [2.75, 3.05) is 26.2 Å². The van der Waals surface area contributed by atoms with Crippen molar-refractivity contribution in [3.8, 4) is 0 Å². The number of hydrogen-bond donors (Lipinski definition) is 2. The van der Waals surface area contributed by atoms with Gasteiger partial charge in [-0.05, 0) is 43.3 Å². The van der Waals surface area contributed by atoms with Gasteiger partial charge >= 0.3 is 0 Å². The lowest BCUT2D eigenvalue weighted by Gasteiger charge is -2.18. The van der Waals surface area contributed by atoms with E-state index in [2.05, 4.69) is 28.8 Å². The van der Waals surface area contributed by atoms with Crippen LogP contribution in [0.1, 0.15) is 35.3 Å². The van der Waals surface area contributed by atoms with E-state index in [-0.39, 0.29) is 17.3 Å². The molecule has 0 atom stereocenters. The van der Waals surface area contributed by atoms with Crippen LogP contribution in [0.5, 0.6) is 0 Å². The molecule has 0 heterocycles. The van der Waals surface area contributed by atoms with E-state index in [1.54, 1.807) is 19.1 Å². The van der Waals surface area contributed by atoms with Crippen LogP contribution in [0.25, 0.3) is 0 Å². The number of carbonyl (C=O) groups excluding carboxylic acids is 1. The first-order chi connectivity index (χ1) is 13.4. The number of sulfonamides is 1. The predicted octanol–water partition coefficient (Wildman–Crippen LogP) is 2.55. The van der Waals surface area contributed by atoms with Crippen LogP contribution in [0, 0.1) is 6.92 Å². The summed E-state index contributed by atoms with van der Waals surface area (Å²) in [6.45, 7) is 9.19. The smallest absolute Gasteiger partial charge is 0.251 e. The molecule has 2 aromatic rings. The predicted molar refractivity (Wildman–Crippen MR) is 112 cm³/mol. The molecule has 2 aromatic carbocycles. The first kappa shape index (κ1) is 22.1. The summed E-state index contributed by atoms with van der Waals surface area (Å²) in [6, 6.07) is 14.1. The standard InChI is InChI=1S/C21H29N3O3S/c1-4-24(5-2)14-13-22-21(25)19-12-11-17(3)20(15-19)28(26,27)23-16-18-9-7-6-8-10-18/h6-12,15,23H,4-5,13-14,16H2,1-3H3,(H,22,25). The monoisotopic (exact) mass is 403 g/mol. The van der Waals surface area contributed by atoms with Crippen LogP contribution >= 0.6 is 0 Å². The molecule has 0 saturated carbocycles. The largest absolute Gasteiger partial charge is 0.351 e. The molecule has 0 aliphatic heterocycles. The second kappa shape index (κ2) is 10.4. The number of nitrogens with one attached hydrogen (secondary N) is 2. The molecule has 1 amide bonds. The third-order valence-corrected chi connectivity index (χ3v) is 6.20. The topological polar surface area (TPSA) is 78.5 Å². The molecule has 7 heteroatoms. The van der Waals surface area contributed by atoms with E-state index in [1.807, 2.05) is 30.3 Å². The second-order valence-electron chi connectivity index (χ2n) is 6.57. The molecule has 28 heavy (non-hydrogen) atoms. The average molecular weight is 404 g/mol. The molecule has 0 spiro atoms. The highest BCUT2D eigenvalue weighted by atomic mass is 32.2. The Hall–Kier alpha value is -2.22. The molecule has 2 N–H and O–H groups in total. The van der Waals surface area contributed by atoms with Crippen LogP contribution in [0.3, 0.4) is 0 Å². The minimum atomic E-state index is -3.73. The zero-order valence-corrected chi connectivity index (χ0v) is 17.6. The Bertz CT molecular complexity index is 879. The lowest BCUT2D eigenvalue weighted by molar-refractivity contribution is 0.0948. The van der Waals surface area contributed by atoms with Gasteiger partial charge < -0.3 is 10.2 Å². The van der Waals surface area contributed by atoms with Crippen molar-refractivity contribution in [2.45, 2.75) is 32.2 Å². The van der Waals surface area contributed by atoms with E-state index in [1.165, 1.54) is 6.07 Å². The van der Waals surface area contributed by atoms with E-state index < -0.39 is 10.0 Å². The first-order valence-electron chi connectivity index (χ1n) is 9.52. The number of carbonyl (C=O) groups is 1. The molecule has 0 aliphatic rings. The van der Waals surface area contributed by atoms with Crippen molar-refractivity contribution in [2.24, 2.45) is 0 Å². The highest BCUT2D eigenvalue weighted by Gasteiger charge is 2.19. The van der Waals surface area contributed by atoms with Crippen LogP contribution in [0.2, 0.25) is 0 Å². The van der Waals surface area contributed by atoms with Crippen molar-refractivity contribution in [3.63, 3.8) is 0 Å². The van der Waals surface area contributed by atoms with Gasteiger partial charge in [0.2, 0.25) is 10.0 Å².